The second kappa shape index (κ2) is 4.97. The zero-order valence-electron chi connectivity index (χ0n) is 10.5. The van der Waals surface area contributed by atoms with Crippen LogP contribution in [0.25, 0.3) is 0 Å². The fourth-order valence-corrected chi connectivity index (χ4v) is 2.49. The van der Waals surface area contributed by atoms with Gasteiger partial charge in [0.05, 0.1) is 6.20 Å². The molecule has 1 aliphatic rings. The molecule has 0 saturated carbocycles. The lowest BCUT2D eigenvalue weighted by Gasteiger charge is -2.35. The predicted octanol–water partition coefficient (Wildman–Crippen LogP) is 1.09. The number of aryl methyl sites for hydroxylation is 1. The van der Waals surface area contributed by atoms with Gasteiger partial charge in [0.25, 0.3) is 0 Å². The van der Waals surface area contributed by atoms with Crippen LogP contribution in [-0.4, -0.2) is 39.9 Å². The number of hydrogen-bond acceptors (Lipinski definition) is 3. The molecule has 1 aromatic rings. The molecule has 1 aliphatic heterocycles. The third-order valence-corrected chi connectivity index (χ3v) is 3.05. The van der Waals surface area contributed by atoms with Crippen LogP contribution in [0.3, 0.4) is 0 Å². The Hall–Kier alpha value is -0.870. The van der Waals surface area contributed by atoms with Gasteiger partial charge in [-0.2, -0.15) is 5.10 Å². The van der Waals surface area contributed by atoms with Gasteiger partial charge in [-0.15, -0.1) is 0 Å². The Morgan fingerprint density at radius 3 is 2.62 bits per heavy atom. The van der Waals surface area contributed by atoms with Crippen LogP contribution in [0, 0.1) is 0 Å². The van der Waals surface area contributed by atoms with Crippen molar-refractivity contribution in [2.24, 2.45) is 0 Å². The number of nitrogens with zero attached hydrogens (tertiary/aromatic N) is 3. The molecular formula is C12H22N4. The summed E-state index contributed by atoms with van der Waals surface area (Å²) in [5.74, 6) is 0. The Kier molecular flexibility index (Phi) is 3.61. The van der Waals surface area contributed by atoms with Crippen LogP contribution in [0.5, 0.6) is 0 Å². The second-order valence-electron chi connectivity index (χ2n) is 4.87. The van der Waals surface area contributed by atoms with E-state index in [1.165, 1.54) is 5.56 Å². The van der Waals surface area contributed by atoms with Gasteiger partial charge in [0.2, 0.25) is 0 Å². The highest BCUT2D eigenvalue weighted by atomic mass is 15.3. The van der Waals surface area contributed by atoms with E-state index in [4.69, 9.17) is 0 Å². The van der Waals surface area contributed by atoms with Crippen molar-refractivity contribution in [1.29, 1.82) is 0 Å². The normalized spacial score (nSPS) is 27.2. The Morgan fingerprint density at radius 1 is 1.38 bits per heavy atom. The van der Waals surface area contributed by atoms with E-state index < -0.39 is 0 Å². The summed E-state index contributed by atoms with van der Waals surface area (Å²) in [5.41, 5.74) is 1.32. The standard InChI is InChI=1S/C12H22N4/c1-4-16-9-12(5-13-16)8-15-6-10(2)14-11(3)7-15/h5,9-11,14H,4,6-8H2,1-3H3. The van der Waals surface area contributed by atoms with Crippen LogP contribution in [0.15, 0.2) is 12.4 Å². The van der Waals surface area contributed by atoms with Crippen LogP contribution in [0.1, 0.15) is 26.3 Å². The van der Waals surface area contributed by atoms with E-state index in [9.17, 15) is 0 Å². The SMILES string of the molecule is CCn1cc(CN2CC(C)NC(C)C2)cn1. The summed E-state index contributed by atoms with van der Waals surface area (Å²) in [5, 5.41) is 7.86. The quantitative estimate of drug-likeness (QED) is 0.831. The molecule has 0 aliphatic carbocycles. The summed E-state index contributed by atoms with van der Waals surface area (Å²) in [7, 11) is 0. The van der Waals surface area contributed by atoms with Crippen LogP contribution in [0.4, 0.5) is 0 Å². The van der Waals surface area contributed by atoms with Gasteiger partial charge >= 0.3 is 0 Å². The lowest BCUT2D eigenvalue weighted by Crippen LogP contribution is -2.53. The Labute approximate surface area is 97.6 Å². The largest absolute Gasteiger partial charge is 0.309 e. The first-order valence-corrected chi connectivity index (χ1v) is 6.17. The molecule has 1 aromatic heterocycles. The monoisotopic (exact) mass is 222 g/mol. The van der Waals surface area contributed by atoms with E-state index >= 15 is 0 Å². The van der Waals surface area contributed by atoms with Gasteiger partial charge in [-0.25, -0.2) is 0 Å². The smallest absolute Gasteiger partial charge is 0.0534 e. The summed E-state index contributed by atoms with van der Waals surface area (Å²) < 4.78 is 1.99. The van der Waals surface area contributed by atoms with Crippen LogP contribution in [-0.2, 0) is 13.1 Å². The van der Waals surface area contributed by atoms with E-state index in [2.05, 4.69) is 42.3 Å². The van der Waals surface area contributed by atoms with Crippen molar-refractivity contribution in [3.05, 3.63) is 18.0 Å². The van der Waals surface area contributed by atoms with Crippen molar-refractivity contribution in [3.63, 3.8) is 0 Å². The summed E-state index contributed by atoms with van der Waals surface area (Å²) in [6.45, 7) is 10.8. The molecule has 0 spiro atoms. The molecule has 4 nitrogen and oxygen atoms in total. The van der Waals surface area contributed by atoms with E-state index in [-0.39, 0.29) is 0 Å². The van der Waals surface area contributed by atoms with Gasteiger partial charge in [-0.1, -0.05) is 0 Å². The first-order chi connectivity index (χ1) is 7.67. The minimum Gasteiger partial charge on any atom is -0.309 e. The first kappa shape index (κ1) is 11.6. The lowest BCUT2D eigenvalue weighted by molar-refractivity contribution is 0.166. The summed E-state index contributed by atoms with van der Waals surface area (Å²) in [6.07, 6.45) is 4.14. The molecule has 2 atom stereocenters. The van der Waals surface area contributed by atoms with Gasteiger partial charge in [-0.05, 0) is 20.8 Å². The number of nitrogens with one attached hydrogen (secondary N) is 1. The molecule has 1 fully saturated rings. The van der Waals surface area contributed by atoms with Crippen molar-refractivity contribution >= 4 is 0 Å². The van der Waals surface area contributed by atoms with Gasteiger partial charge in [0, 0.05) is 50.0 Å². The summed E-state index contributed by atoms with van der Waals surface area (Å²) in [6, 6.07) is 1.18. The van der Waals surface area contributed by atoms with Crippen molar-refractivity contribution in [2.45, 2.75) is 45.9 Å². The number of hydrogen-bond donors (Lipinski definition) is 1. The van der Waals surface area contributed by atoms with Crippen molar-refractivity contribution in [2.75, 3.05) is 13.1 Å². The highest BCUT2D eigenvalue weighted by molar-refractivity contribution is 5.04. The van der Waals surface area contributed by atoms with Gasteiger partial charge in [-0.3, -0.25) is 9.58 Å². The van der Waals surface area contributed by atoms with Crippen molar-refractivity contribution in [1.82, 2.24) is 20.0 Å². The molecule has 1 N–H and O–H groups in total. The van der Waals surface area contributed by atoms with Gasteiger partial charge in [0.15, 0.2) is 0 Å². The van der Waals surface area contributed by atoms with Crippen LogP contribution < -0.4 is 5.32 Å². The molecule has 4 heteroatoms. The third kappa shape index (κ3) is 2.83. The minimum atomic E-state index is 0.588. The molecule has 2 heterocycles. The zero-order valence-corrected chi connectivity index (χ0v) is 10.5. The first-order valence-electron chi connectivity index (χ1n) is 6.17. The Balaban J connectivity index is 1.93. The number of aromatic nitrogens is 2. The van der Waals surface area contributed by atoms with Crippen LogP contribution in [0.2, 0.25) is 0 Å². The van der Waals surface area contributed by atoms with Crippen LogP contribution >= 0.6 is 0 Å². The minimum absolute atomic E-state index is 0.588. The molecule has 16 heavy (non-hydrogen) atoms. The van der Waals surface area contributed by atoms with Gasteiger partial charge in [0.1, 0.15) is 0 Å². The molecule has 0 aromatic carbocycles. The fraction of sp³-hybridized carbons (Fsp3) is 0.750. The highest BCUT2D eigenvalue weighted by Crippen LogP contribution is 2.09. The summed E-state index contributed by atoms with van der Waals surface area (Å²) in [4.78, 5) is 2.50. The molecule has 0 bridgehead atoms. The Bertz CT molecular complexity index is 324. The maximum Gasteiger partial charge on any atom is 0.0534 e. The number of rotatable bonds is 3. The molecule has 2 rings (SSSR count). The molecule has 2 unspecified atom stereocenters. The summed E-state index contributed by atoms with van der Waals surface area (Å²) >= 11 is 0. The molecule has 0 radical (unpaired) electrons. The maximum absolute atomic E-state index is 4.31. The van der Waals surface area contributed by atoms with E-state index in [1.807, 2.05) is 10.9 Å². The van der Waals surface area contributed by atoms with Gasteiger partial charge < -0.3 is 5.32 Å². The third-order valence-electron chi connectivity index (χ3n) is 3.05. The second-order valence-corrected chi connectivity index (χ2v) is 4.87. The van der Waals surface area contributed by atoms with Crippen molar-refractivity contribution in [3.8, 4) is 0 Å². The average molecular weight is 222 g/mol. The molecular weight excluding hydrogens is 200 g/mol. The molecule has 1 saturated heterocycles. The van der Waals surface area contributed by atoms with Crippen molar-refractivity contribution < 1.29 is 0 Å². The Morgan fingerprint density at radius 2 is 2.06 bits per heavy atom. The maximum atomic E-state index is 4.31. The number of piperazine rings is 1. The lowest BCUT2D eigenvalue weighted by atomic mass is 10.1. The van der Waals surface area contributed by atoms with E-state index in [0.717, 1.165) is 26.2 Å². The topological polar surface area (TPSA) is 33.1 Å². The highest BCUT2D eigenvalue weighted by Gasteiger charge is 2.20. The molecule has 0 amide bonds. The fourth-order valence-electron chi connectivity index (χ4n) is 2.49. The van der Waals surface area contributed by atoms with E-state index in [1.54, 1.807) is 0 Å². The van der Waals surface area contributed by atoms with E-state index in [0.29, 0.717) is 12.1 Å². The zero-order chi connectivity index (χ0) is 11.5. The molecule has 90 valence electrons. The predicted molar refractivity (Wildman–Crippen MR) is 65.2 cm³/mol. The average Bonchev–Trinajstić information content (AvgIpc) is 2.64.